The van der Waals surface area contributed by atoms with Crippen LogP contribution in [0, 0.1) is 11.6 Å². The first-order chi connectivity index (χ1) is 9.91. The van der Waals surface area contributed by atoms with Crippen LogP contribution in [0.3, 0.4) is 0 Å². The summed E-state index contributed by atoms with van der Waals surface area (Å²) < 4.78 is 29.4. The van der Waals surface area contributed by atoms with Gasteiger partial charge in [-0.25, -0.2) is 8.78 Å². The number of rotatable bonds is 5. The van der Waals surface area contributed by atoms with Crippen molar-refractivity contribution in [3.8, 4) is 0 Å². The van der Waals surface area contributed by atoms with Crippen molar-refractivity contribution in [2.24, 2.45) is 0 Å². The molecule has 0 radical (unpaired) electrons. The summed E-state index contributed by atoms with van der Waals surface area (Å²) in [4.78, 5) is 14.4. The second-order valence-electron chi connectivity index (χ2n) is 4.79. The fraction of sp³-hybridized carbons (Fsp3) is 0.286. The average Bonchev–Trinajstić information content (AvgIpc) is 2.77. The van der Waals surface area contributed by atoms with Crippen LogP contribution in [0.5, 0.6) is 0 Å². The highest BCUT2D eigenvalue weighted by atomic mass is 79.9. The topological polar surface area (TPSA) is 38.1 Å². The molecule has 0 fully saturated rings. The Morgan fingerprint density at radius 2 is 1.95 bits per heavy atom. The Bertz CT molecular complexity index is 650. The van der Waals surface area contributed by atoms with Crippen LogP contribution in [0.2, 0.25) is 0 Å². The first-order valence-corrected chi connectivity index (χ1v) is 7.06. The van der Waals surface area contributed by atoms with E-state index in [1.165, 1.54) is 16.9 Å². The maximum absolute atomic E-state index is 13.8. The normalized spacial score (nSPS) is 11.1. The molecule has 1 aromatic carbocycles. The molecule has 21 heavy (non-hydrogen) atoms. The van der Waals surface area contributed by atoms with Crippen LogP contribution in [0.25, 0.3) is 0 Å². The van der Waals surface area contributed by atoms with E-state index in [9.17, 15) is 13.6 Å². The second kappa shape index (κ2) is 6.44. The van der Waals surface area contributed by atoms with Crippen molar-refractivity contribution in [3.63, 3.8) is 0 Å². The van der Waals surface area contributed by atoms with E-state index in [1.807, 2.05) is 19.0 Å². The van der Waals surface area contributed by atoms with E-state index in [2.05, 4.69) is 21.0 Å². The predicted octanol–water partition coefficient (Wildman–Crippen LogP) is 2.72. The van der Waals surface area contributed by atoms with Crippen LogP contribution in [0.15, 0.2) is 28.9 Å². The first-order valence-electron chi connectivity index (χ1n) is 6.26. The average molecular weight is 358 g/mol. The predicted molar refractivity (Wildman–Crippen MR) is 78.3 cm³/mol. The molecule has 0 aliphatic heterocycles. The summed E-state index contributed by atoms with van der Waals surface area (Å²) >= 11 is 3.21. The highest BCUT2D eigenvalue weighted by molar-refractivity contribution is 9.10. The number of benzene rings is 1. The molecule has 2 aromatic rings. The molecule has 0 amide bonds. The molecule has 2 rings (SSSR count). The lowest BCUT2D eigenvalue weighted by molar-refractivity contribution is 0.101. The number of carbonyl (C=O) groups is 1. The minimum Gasteiger partial charge on any atom is -0.308 e. The maximum atomic E-state index is 13.8. The number of halogens is 3. The molecule has 0 saturated carbocycles. The van der Waals surface area contributed by atoms with E-state index in [4.69, 9.17) is 0 Å². The number of hydrogen-bond acceptors (Lipinski definition) is 3. The van der Waals surface area contributed by atoms with E-state index in [0.717, 1.165) is 12.1 Å². The van der Waals surface area contributed by atoms with Gasteiger partial charge >= 0.3 is 0 Å². The molecule has 0 aliphatic rings. The second-order valence-corrected chi connectivity index (χ2v) is 5.65. The van der Waals surface area contributed by atoms with Gasteiger partial charge in [0.2, 0.25) is 5.78 Å². The molecule has 7 heteroatoms. The Hall–Kier alpha value is -1.60. The molecule has 4 nitrogen and oxygen atoms in total. The maximum Gasteiger partial charge on any atom is 0.218 e. The van der Waals surface area contributed by atoms with Gasteiger partial charge in [-0.2, -0.15) is 5.10 Å². The number of nitrogens with zero attached hydrogens (tertiary/aromatic N) is 3. The zero-order valence-electron chi connectivity index (χ0n) is 11.6. The van der Waals surface area contributed by atoms with Crippen molar-refractivity contribution in [2.75, 3.05) is 20.6 Å². The summed E-state index contributed by atoms with van der Waals surface area (Å²) in [6, 6.07) is 3.34. The van der Waals surface area contributed by atoms with E-state index in [0.29, 0.717) is 17.6 Å². The largest absolute Gasteiger partial charge is 0.308 e. The minimum atomic E-state index is -0.882. The third kappa shape index (κ3) is 3.36. The summed E-state index contributed by atoms with van der Waals surface area (Å²) in [5.41, 5.74) is -0.425. The Labute approximate surface area is 129 Å². The van der Waals surface area contributed by atoms with Crippen LogP contribution in [-0.2, 0) is 6.54 Å². The van der Waals surface area contributed by atoms with Crippen molar-refractivity contribution in [1.29, 1.82) is 0 Å². The van der Waals surface area contributed by atoms with Gasteiger partial charge in [-0.3, -0.25) is 9.48 Å². The monoisotopic (exact) mass is 357 g/mol. The Balaban J connectivity index is 2.42. The van der Waals surface area contributed by atoms with Gasteiger partial charge in [0, 0.05) is 6.54 Å². The van der Waals surface area contributed by atoms with Crippen molar-refractivity contribution < 1.29 is 13.6 Å². The standard InChI is InChI=1S/C14H14BrF2N3O/c1-19(2)6-7-20-13(9(15)8-18-20)14(21)12-10(16)4-3-5-11(12)17/h3-5,8H,6-7H2,1-2H3. The first kappa shape index (κ1) is 15.8. The number of ketones is 1. The lowest BCUT2D eigenvalue weighted by Crippen LogP contribution is -2.22. The molecule has 112 valence electrons. The van der Waals surface area contributed by atoms with Gasteiger partial charge in [0.25, 0.3) is 0 Å². The van der Waals surface area contributed by atoms with Crippen LogP contribution >= 0.6 is 15.9 Å². The molecule has 0 atom stereocenters. The summed E-state index contributed by atoms with van der Waals surface area (Å²) in [6.45, 7) is 1.09. The van der Waals surface area contributed by atoms with E-state index >= 15 is 0 Å². The van der Waals surface area contributed by atoms with E-state index in [1.54, 1.807) is 0 Å². The highest BCUT2D eigenvalue weighted by Gasteiger charge is 2.24. The summed E-state index contributed by atoms with van der Waals surface area (Å²) in [5.74, 6) is -2.49. The van der Waals surface area contributed by atoms with Crippen molar-refractivity contribution >= 4 is 21.7 Å². The molecule has 1 aromatic heterocycles. The third-order valence-corrected chi connectivity index (χ3v) is 3.54. The Kier molecular flexibility index (Phi) is 4.84. The lowest BCUT2D eigenvalue weighted by atomic mass is 10.1. The highest BCUT2D eigenvalue weighted by Crippen LogP contribution is 2.23. The van der Waals surface area contributed by atoms with Gasteiger partial charge < -0.3 is 4.90 Å². The third-order valence-electron chi connectivity index (χ3n) is 2.96. The van der Waals surface area contributed by atoms with Gasteiger partial charge in [-0.1, -0.05) is 6.07 Å². The van der Waals surface area contributed by atoms with Gasteiger partial charge in [-0.05, 0) is 42.2 Å². The van der Waals surface area contributed by atoms with Gasteiger partial charge in [0.15, 0.2) is 0 Å². The van der Waals surface area contributed by atoms with Crippen LogP contribution in [0.4, 0.5) is 8.78 Å². The van der Waals surface area contributed by atoms with Crippen molar-refractivity contribution in [3.05, 3.63) is 51.8 Å². The Morgan fingerprint density at radius 3 is 2.52 bits per heavy atom. The number of carbonyl (C=O) groups excluding carboxylic acids is 1. The summed E-state index contributed by atoms with van der Waals surface area (Å²) in [6.07, 6.45) is 1.45. The van der Waals surface area contributed by atoms with Gasteiger partial charge in [0.1, 0.15) is 17.3 Å². The molecule has 0 aliphatic carbocycles. The quantitative estimate of drug-likeness (QED) is 0.772. The fourth-order valence-corrected chi connectivity index (χ4v) is 2.36. The van der Waals surface area contributed by atoms with Crippen LogP contribution in [0.1, 0.15) is 16.1 Å². The molecular weight excluding hydrogens is 344 g/mol. The summed E-state index contributed by atoms with van der Waals surface area (Å²) in [5, 5.41) is 4.07. The molecule has 0 N–H and O–H groups in total. The van der Waals surface area contributed by atoms with Gasteiger partial charge in [0.05, 0.1) is 22.8 Å². The Morgan fingerprint density at radius 1 is 1.33 bits per heavy atom. The molecule has 0 spiro atoms. The van der Waals surface area contributed by atoms with Gasteiger partial charge in [-0.15, -0.1) is 0 Å². The molecule has 0 unspecified atom stereocenters. The van der Waals surface area contributed by atoms with E-state index < -0.39 is 23.0 Å². The fourth-order valence-electron chi connectivity index (χ4n) is 1.89. The molecule has 1 heterocycles. The van der Waals surface area contributed by atoms with Crippen LogP contribution in [-0.4, -0.2) is 41.1 Å². The summed E-state index contributed by atoms with van der Waals surface area (Å²) in [7, 11) is 3.77. The van der Waals surface area contributed by atoms with Crippen molar-refractivity contribution in [2.45, 2.75) is 6.54 Å². The molecule has 0 bridgehead atoms. The minimum absolute atomic E-state index is 0.140. The smallest absolute Gasteiger partial charge is 0.218 e. The SMILES string of the molecule is CN(C)CCn1ncc(Br)c1C(=O)c1c(F)cccc1F. The van der Waals surface area contributed by atoms with Crippen molar-refractivity contribution in [1.82, 2.24) is 14.7 Å². The zero-order chi connectivity index (χ0) is 15.6. The molecular formula is C14H14BrF2N3O. The molecule has 0 saturated heterocycles. The van der Waals surface area contributed by atoms with E-state index in [-0.39, 0.29) is 5.69 Å². The number of hydrogen-bond donors (Lipinski definition) is 0. The van der Waals surface area contributed by atoms with Crippen LogP contribution < -0.4 is 0 Å². The zero-order valence-corrected chi connectivity index (χ0v) is 13.2. The lowest BCUT2D eigenvalue weighted by Gasteiger charge is -2.12. The number of likely N-dealkylation sites (N-methyl/N-ethyl adjacent to an activating group) is 1. The number of aromatic nitrogens is 2.